The summed E-state index contributed by atoms with van der Waals surface area (Å²) in [4.78, 5) is 101. The molecule has 2 N–H and O–H groups in total. The first-order valence-corrected chi connectivity index (χ1v) is 39.8. The van der Waals surface area contributed by atoms with E-state index in [1.807, 2.05) is 140 Å². The minimum Gasteiger partial charge on any atom is -0.463 e. The Kier molecular flexibility index (Phi) is 32.2. The smallest absolute Gasteiger partial charge is 0.407 e. The zero-order valence-electron chi connectivity index (χ0n) is 65.7. The number of hydrogen-bond donors (Lipinski definition) is 2. The molecule has 12 rings (SSSR count). The molecule has 632 valence electrons. The highest BCUT2D eigenvalue weighted by molar-refractivity contribution is 6.67. The maximum atomic E-state index is 15.2. The summed E-state index contributed by atoms with van der Waals surface area (Å²) in [5, 5.41) is 9.60. The molecule has 32 heteroatoms. The van der Waals surface area contributed by atoms with E-state index in [0.717, 1.165) is 54.2 Å². The highest BCUT2D eigenvalue weighted by Gasteiger charge is 2.58. The molecule has 2 amide bonds. The Morgan fingerprint density at radius 1 is 0.450 bits per heavy atom. The summed E-state index contributed by atoms with van der Waals surface area (Å²) >= 11 is 18.2. The van der Waals surface area contributed by atoms with Crippen LogP contribution in [0.15, 0.2) is 236 Å². The van der Waals surface area contributed by atoms with Crippen LogP contribution in [0.2, 0.25) is 0 Å². The number of fused-ring (bicyclic) bond motifs is 3. The molecule has 1 aliphatic carbocycles. The van der Waals surface area contributed by atoms with Crippen LogP contribution in [-0.4, -0.2) is 183 Å². The SMILES string of the molecule is CC(=O)OC[C@H]1O[C@@H](OC[C@H]2O[C@H](O[C@H](C)[C@H](NC(=O)OCC3c4ccccc4-c4ccccc43)C(=O)OCc3ccccc3)[C@H](N=[N+]=[N-])[C@@H](O[C@@H]3O[C@H](COCc4ccccc4)[C@H](OCc4ccccc4)[C@H](OCc4ccccc4)[C@H]3OC(=O)c3ccccc3)[C@H]2OCc2ccccc2)[C@H](NC(=O)OCC(Cl)(Cl)Cl)[C@@H](OC(C)=O)[C@@H]1OC(C)=O. The number of carbonyl (C=O) groups excluding carboxylic acids is 7. The molecule has 4 aliphatic rings. The summed E-state index contributed by atoms with van der Waals surface area (Å²) in [5.41, 5.74) is 18.3. The number of hydrogen-bond acceptors (Lipinski definition) is 25. The van der Waals surface area contributed by atoms with Crippen LogP contribution in [0.1, 0.15) is 82.9 Å². The van der Waals surface area contributed by atoms with Gasteiger partial charge in [0.25, 0.3) is 0 Å². The lowest BCUT2D eigenvalue weighted by Gasteiger charge is -2.50. The quantitative estimate of drug-likeness (QED) is 0.00919. The summed E-state index contributed by atoms with van der Waals surface area (Å²) in [6.07, 6.45) is -25.3. The number of carbonyl (C=O) groups is 7. The summed E-state index contributed by atoms with van der Waals surface area (Å²) in [6.45, 7) is 1.17. The maximum Gasteiger partial charge on any atom is 0.407 e. The molecule has 0 bridgehead atoms. The summed E-state index contributed by atoms with van der Waals surface area (Å²) in [7, 11) is 0. The molecule has 17 atom stereocenters. The lowest BCUT2D eigenvalue weighted by Crippen LogP contribution is -2.68. The van der Waals surface area contributed by atoms with E-state index in [0.29, 0.717) is 16.7 Å². The van der Waals surface area contributed by atoms with E-state index < -0.39 is 176 Å². The molecule has 3 fully saturated rings. The third-order valence-corrected chi connectivity index (χ3v) is 20.2. The van der Waals surface area contributed by atoms with E-state index in [4.69, 9.17) is 115 Å². The number of nitrogens with one attached hydrogen (secondary N) is 2. The van der Waals surface area contributed by atoms with Crippen molar-refractivity contribution in [1.82, 2.24) is 10.6 Å². The maximum absolute atomic E-state index is 15.2. The van der Waals surface area contributed by atoms with Crippen LogP contribution in [0.5, 0.6) is 0 Å². The second kappa shape index (κ2) is 43.6. The fourth-order valence-corrected chi connectivity index (χ4v) is 14.5. The average molecular weight is 1710 g/mol. The van der Waals surface area contributed by atoms with Gasteiger partial charge in [0.05, 0.1) is 51.3 Å². The van der Waals surface area contributed by atoms with Crippen LogP contribution in [-0.2, 0) is 133 Å². The van der Waals surface area contributed by atoms with Gasteiger partial charge >= 0.3 is 42.0 Å². The molecule has 8 aromatic rings. The van der Waals surface area contributed by atoms with Gasteiger partial charge in [0.1, 0.15) is 81.2 Å². The van der Waals surface area contributed by atoms with Crippen LogP contribution >= 0.6 is 34.8 Å². The molecule has 0 saturated carbocycles. The van der Waals surface area contributed by atoms with Crippen molar-refractivity contribution >= 4 is 76.8 Å². The number of alkyl halides is 3. The van der Waals surface area contributed by atoms with E-state index in [-0.39, 0.29) is 51.8 Å². The molecule has 120 heavy (non-hydrogen) atoms. The van der Waals surface area contributed by atoms with Gasteiger partial charge in [0.2, 0.25) is 3.79 Å². The van der Waals surface area contributed by atoms with E-state index in [1.165, 1.54) is 6.92 Å². The fraction of sp³-hybridized carbons (Fsp3) is 0.375. The minimum atomic E-state index is -2.16. The highest BCUT2D eigenvalue weighted by Crippen LogP contribution is 2.45. The number of rotatable bonds is 36. The third-order valence-electron chi connectivity index (χ3n) is 19.9. The number of esters is 5. The largest absolute Gasteiger partial charge is 0.463 e. The molecule has 3 heterocycles. The Labute approximate surface area is 707 Å². The van der Waals surface area contributed by atoms with Crippen molar-refractivity contribution in [3.8, 4) is 11.1 Å². The van der Waals surface area contributed by atoms with Crippen molar-refractivity contribution in [2.75, 3.05) is 33.0 Å². The predicted molar refractivity (Wildman–Crippen MR) is 432 cm³/mol. The first-order chi connectivity index (χ1) is 58.1. The highest BCUT2D eigenvalue weighted by atomic mass is 35.6. The van der Waals surface area contributed by atoms with Gasteiger partial charge in [-0.1, -0.05) is 258 Å². The first-order valence-electron chi connectivity index (χ1n) is 38.7. The summed E-state index contributed by atoms with van der Waals surface area (Å²) in [5.74, 6) is -5.06. The zero-order chi connectivity index (χ0) is 84.5. The molecule has 29 nitrogen and oxygen atoms in total. The number of nitrogens with zero attached hydrogens (tertiary/aromatic N) is 3. The topological polar surface area (TPSA) is 349 Å². The van der Waals surface area contributed by atoms with Gasteiger partial charge in [0, 0.05) is 31.6 Å². The number of azide groups is 1. The number of alkyl carbamates (subject to hydrolysis) is 2. The first kappa shape index (κ1) is 88.7. The number of ether oxygens (including phenoxy) is 17. The number of benzene rings is 8. The Balaban J connectivity index is 0.990. The van der Waals surface area contributed by atoms with Crippen LogP contribution < -0.4 is 10.6 Å². The molecule has 0 aromatic heterocycles. The Morgan fingerprint density at radius 2 is 0.917 bits per heavy atom. The van der Waals surface area contributed by atoms with Gasteiger partial charge in [-0.3, -0.25) is 14.4 Å². The van der Waals surface area contributed by atoms with Gasteiger partial charge in [-0.25, -0.2) is 19.2 Å². The number of halogens is 3. The minimum absolute atomic E-state index is 0.0297. The summed E-state index contributed by atoms with van der Waals surface area (Å²) < 4.78 is 109. The van der Waals surface area contributed by atoms with E-state index >= 15 is 9.59 Å². The molecule has 8 aromatic carbocycles. The lowest BCUT2D eigenvalue weighted by atomic mass is 9.94. The van der Waals surface area contributed by atoms with Crippen LogP contribution in [0.4, 0.5) is 9.59 Å². The zero-order valence-corrected chi connectivity index (χ0v) is 67.9. The van der Waals surface area contributed by atoms with E-state index in [2.05, 4.69) is 20.7 Å². The monoisotopic (exact) mass is 1710 g/mol. The van der Waals surface area contributed by atoms with Gasteiger partial charge in [-0.05, 0) is 74.7 Å². The summed E-state index contributed by atoms with van der Waals surface area (Å²) in [6, 6.07) is 63.4. The molecule has 0 radical (unpaired) electrons. The van der Waals surface area contributed by atoms with Crippen molar-refractivity contribution in [3.05, 3.63) is 285 Å². The Bertz CT molecular complexity index is 4680. The number of amides is 2. The lowest BCUT2D eigenvalue weighted by molar-refractivity contribution is -0.359. The molecule has 0 spiro atoms. The van der Waals surface area contributed by atoms with Crippen LogP contribution in [0.3, 0.4) is 0 Å². The Morgan fingerprint density at radius 3 is 1.45 bits per heavy atom. The van der Waals surface area contributed by atoms with Crippen molar-refractivity contribution < 1.29 is 114 Å². The molecular weight excluding hydrogens is 1620 g/mol. The molecule has 0 unspecified atom stereocenters. The molecular formula is C88H90Cl3N5O24. The van der Waals surface area contributed by atoms with Gasteiger partial charge < -0.3 is 91.2 Å². The van der Waals surface area contributed by atoms with Crippen molar-refractivity contribution in [2.24, 2.45) is 5.11 Å². The third kappa shape index (κ3) is 24.8. The van der Waals surface area contributed by atoms with Crippen molar-refractivity contribution in [2.45, 2.75) is 175 Å². The molecule has 3 saturated heterocycles. The predicted octanol–water partition coefficient (Wildman–Crippen LogP) is 13.4. The second-order valence-corrected chi connectivity index (χ2v) is 31.0. The standard InChI is InChI=1S/C88H90Cl3N5O24/c1-53(71(82(101)109-47-61-35-19-9-20-36-61)93-86(102)111-48-67-65-41-25-23-39-63(65)64-40-24-26-42-66(64)67)113-84-73(95-96-92)78(74(106-44-58-29-13-6-14-30-58)69(117-84)51-110-83-72(94-87(103)112-52-88(89,90)91)77(115-56(4)99)76(114-55(3)98)70(116-83)50-105-54(2)97)120-85-80(119-81(100)62-37-21-10-22-38-62)79(108-46-60-33-17-8-18-34-60)75(107-45-59-31-15-7-16-32-59)68(118-85)49-104-43-57-27-11-5-12-28-57/h5-42,53,67-80,83-85H,43-52H2,1-4H3,(H,93,102)(H,94,103)/t53-,68-,69-,70-,71+,72-,73-,74+,75+,76-,77-,78-,79+,80-,83-,84+,85+/m1/s1. The van der Waals surface area contributed by atoms with Crippen molar-refractivity contribution in [1.29, 1.82) is 0 Å². The normalized spacial score (nSPS) is 23.6. The average Bonchev–Trinajstić information content (AvgIpc) is 0.806. The van der Waals surface area contributed by atoms with Crippen LogP contribution in [0, 0.1) is 0 Å². The van der Waals surface area contributed by atoms with Gasteiger partial charge in [-0.2, -0.15) is 0 Å². The van der Waals surface area contributed by atoms with Gasteiger partial charge in [-0.15, -0.1) is 0 Å². The van der Waals surface area contributed by atoms with Gasteiger partial charge in [0.15, 0.2) is 43.2 Å². The second-order valence-electron chi connectivity index (χ2n) is 28.5. The van der Waals surface area contributed by atoms with Crippen molar-refractivity contribution in [3.63, 3.8) is 0 Å². The van der Waals surface area contributed by atoms with E-state index in [1.54, 1.807) is 91.0 Å². The Hall–Kier alpha value is -10.6. The van der Waals surface area contributed by atoms with Crippen LogP contribution in [0.25, 0.3) is 21.6 Å². The fourth-order valence-electron chi connectivity index (χ4n) is 14.4. The molecule has 3 aliphatic heterocycles. The van der Waals surface area contributed by atoms with E-state index in [9.17, 15) is 29.5 Å².